The normalized spacial score (nSPS) is 16.9. The number of nitro groups is 3. The van der Waals surface area contributed by atoms with Gasteiger partial charge in [0.1, 0.15) is 6.20 Å². The van der Waals surface area contributed by atoms with Gasteiger partial charge >= 0.3 is 0 Å². The van der Waals surface area contributed by atoms with Crippen LogP contribution in [0.2, 0.25) is 0 Å². The summed E-state index contributed by atoms with van der Waals surface area (Å²) in [5, 5.41) is 46.2. The van der Waals surface area contributed by atoms with Gasteiger partial charge < -0.3 is 34.9 Å². The number of aromatic nitrogens is 4. The number of nitro benzene ring substituents is 2. The van der Waals surface area contributed by atoms with Gasteiger partial charge in [-0.05, 0) is 39.1 Å². The number of ether oxygens (including phenoxy) is 1. The second-order valence-electron chi connectivity index (χ2n) is 11.0. The van der Waals surface area contributed by atoms with Gasteiger partial charge in [0.2, 0.25) is 5.52 Å². The minimum atomic E-state index is -0.716. The van der Waals surface area contributed by atoms with E-state index in [4.69, 9.17) is 4.74 Å². The molecule has 5 heterocycles. The van der Waals surface area contributed by atoms with Gasteiger partial charge in [-0.1, -0.05) is 0 Å². The number of non-ortho nitro benzene ring substituents is 2. The molecule has 18 nitrogen and oxygen atoms in total. The van der Waals surface area contributed by atoms with Crippen LogP contribution in [0.25, 0.3) is 21.8 Å². The maximum Gasteiger partial charge on any atom is 0.270 e. The monoisotopic (exact) mass is 641 g/mol. The summed E-state index contributed by atoms with van der Waals surface area (Å²) in [6, 6.07) is 8.65. The number of nitrogens with zero attached hydrogens (tertiary/aromatic N) is 9. The fraction of sp³-hybridized carbons (Fsp3) is 0.500. The van der Waals surface area contributed by atoms with Crippen LogP contribution in [0, 0.1) is 30.3 Å². The molecule has 0 bridgehead atoms. The van der Waals surface area contributed by atoms with Crippen LogP contribution >= 0.6 is 0 Å². The van der Waals surface area contributed by atoms with E-state index < -0.39 is 9.96 Å². The van der Waals surface area contributed by atoms with Gasteiger partial charge in [-0.25, -0.2) is 0 Å². The zero-order valence-corrected chi connectivity index (χ0v) is 25.9. The maximum absolute atomic E-state index is 10.9. The van der Waals surface area contributed by atoms with Gasteiger partial charge in [-0.2, -0.15) is 5.10 Å². The summed E-state index contributed by atoms with van der Waals surface area (Å²) in [4.78, 5) is 38.0. The Hall–Kier alpha value is -4.78. The van der Waals surface area contributed by atoms with Crippen LogP contribution in [0.5, 0.6) is 0 Å². The Balaban J connectivity index is 0.000000156. The number of H-pyrrole nitrogens is 1. The van der Waals surface area contributed by atoms with Crippen LogP contribution in [0.1, 0.15) is 12.8 Å². The number of benzene rings is 2. The van der Waals surface area contributed by atoms with Crippen molar-refractivity contribution in [3.05, 3.63) is 72.9 Å². The second kappa shape index (κ2) is 16.5. The number of hydrogen-bond donors (Lipinski definition) is 2. The molecule has 2 N–H and O–H groups in total. The Bertz CT molecular complexity index is 1590. The van der Waals surface area contributed by atoms with Gasteiger partial charge in [0.05, 0.1) is 36.3 Å². The Labute approximate surface area is 264 Å². The van der Waals surface area contributed by atoms with E-state index in [-0.39, 0.29) is 16.3 Å². The van der Waals surface area contributed by atoms with E-state index in [0.29, 0.717) is 15.7 Å². The summed E-state index contributed by atoms with van der Waals surface area (Å²) in [7, 11) is 4.24. The highest BCUT2D eigenvalue weighted by Crippen LogP contribution is 2.28. The van der Waals surface area contributed by atoms with Gasteiger partial charge in [-0.15, -0.1) is 0 Å². The maximum atomic E-state index is 10.9. The summed E-state index contributed by atoms with van der Waals surface area (Å²) in [6.45, 7) is 10.5. The topological polar surface area (TPSA) is 207 Å². The number of fused-ring (bicyclic) bond motifs is 2. The third-order valence-electron chi connectivity index (χ3n) is 7.56. The number of anilines is 1. The number of rotatable bonds is 4. The van der Waals surface area contributed by atoms with Crippen molar-refractivity contribution in [1.82, 2.24) is 35.2 Å². The molecule has 18 heteroatoms. The molecule has 0 radical (unpaired) electrons. The number of aromatic amines is 1. The van der Waals surface area contributed by atoms with Crippen LogP contribution in [0.3, 0.4) is 0 Å². The molecule has 7 rings (SSSR count). The molecule has 0 spiro atoms. The van der Waals surface area contributed by atoms with Gasteiger partial charge in [0, 0.05) is 94.6 Å². The molecule has 248 valence electrons. The van der Waals surface area contributed by atoms with Crippen molar-refractivity contribution in [3.8, 4) is 0 Å². The van der Waals surface area contributed by atoms with E-state index in [1.54, 1.807) is 12.1 Å². The lowest BCUT2D eigenvalue weighted by Gasteiger charge is -2.32. The van der Waals surface area contributed by atoms with Gasteiger partial charge in [-0.3, -0.25) is 25.3 Å². The molecule has 0 aliphatic carbocycles. The number of likely N-dealkylation sites (N-methyl/N-ethyl adjacent to an activating group) is 2. The molecule has 2 aromatic heterocycles. The summed E-state index contributed by atoms with van der Waals surface area (Å²) in [5.41, 5.74) is 1.16. The average molecular weight is 642 g/mol. The smallest absolute Gasteiger partial charge is 0.270 e. The van der Waals surface area contributed by atoms with Gasteiger partial charge in [0.25, 0.3) is 11.4 Å². The quantitative estimate of drug-likeness (QED) is 0.243. The third kappa shape index (κ3) is 9.61. The summed E-state index contributed by atoms with van der Waals surface area (Å²) >= 11 is 0. The van der Waals surface area contributed by atoms with E-state index >= 15 is 0 Å². The van der Waals surface area contributed by atoms with Gasteiger partial charge in [0.15, 0.2) is 5.82 Å². The predicted molar refractivity (Wildman–Crippen MR) is 172 cm³/mol. The fourth-order valence-electron chi connectivity index (χ4n) is 4.85. The number of piperazine rings is 2. The standard InChI is InChI=1S/C12H15N5O2.C7H4N4O4.C5H12N2.C4H8O/c1-15-4-6-16(7-5-15)12-10-8-9(17(18)19)2-3-11(10)13-14-12;12-10(13)6-1-2-7-5(3-6)4-9(8-7)11(14)15;1-7-4-2-6-3-5-7;1-2-4-5-3-1/h2-3,8H,4-7H2,1H3,(H,13,14);1-4H;6H,2-5H2,1H3;1-4H2. The SMILES string of the molecule is C1CCOC1.CN1CCN(c2n[nH]c3ccc([N+](=O)[O-])cc23)CC1.CN1CCNCC1.O=[N+]([O-])c1ccc2nn([N+](=O)[O-])cc2c1. The van der Waals surface area contributed by atoms with Crippen molar-refractivity contribution in [3.63, 3.8) is 0 Å². The molecule has 0 atom stereocenters. The van der Waals surface area contributed by atoms with Crippen molar-refractivity contribution in [2.24, 2.45) is 0 Å². The molecule has 3 fully saturated rings. The Kier molecular flexibility index (Phi) is 12.2. The lowest BCUT2D eigenvalue weighted by Crippen LogP contribution is -2.44. The van der Waals surface area contributed by atoms with Crippen LogP contribution < -0.4 is 10.2 Å². The van der Waals surface area contributed by atoms with Crippen LogP contribution in [0.15, 0.2) is 42.6 Å². The summed E-state index contributed by atoms with van der Waals surface area (Å²) in [5.74, 6) is 0.812. The molecule has 0 amide bonds. The first-order valence-corrected chi connectivity index (χ1v) is 14.9. The first-order valence-electron chi connectivity index (χ1n) is 14.9. The van der Waals surface area contributed by atoms with E-state index in [1.165, 1.54) is 50.2 Å². The number of nitrogens with one attached hydrogen (secondary N) is 2. The Morgan fingerprint density at radius 2 is 1.41 bits per heavy atom. The molecule has 3 saturated heterocycles. The summed E-state index contributed by atoms with van der Waals surface area (Å²) < 4.78 is 4.94. The molecule has 0 unspecified atom stereocenters. The lowest BCUT2D eigenvalue weighted by atomic mass is 10.2. The van der Waals surface area contributed by atoms with Crippen molar-refractivity contribution >= 4 is 39.0 Å². The fourth-order valence-corrected chi connectivity index (χ4v) is 4.85. The van der Waals surface area contributed by atoms with E-state index in [0.717, 1.165) is 75.4 Å². The van der Waals surface area contributed by atoms with Crippen LogP contribution in [-0.4, -0.2) is 124 Å². The van der Waals surface area contributed by atoms with Crippen molar-refractivity contribution in [2.45, 2.75) is 12.8 Å². The Morgan fingerprint density at radius 3 is 1.96 bits per heavy atom. The van der Waals surface area contributed by atoms with Crippen molar-refractivity contribution in [2.75, 3.05) is 84.6 Å². The molecule has 0 saturated carbocycles. The third-order valence-corrected chi connectivity index (χ3v) is 7.56. The average Bonchev–Trinajstić information content (AvgIpc) is 3.84. The molecule has 3 aliphatic rings. The zero-order chi connectivity index (χ0) is 33.1. The van der Waals surface area contributed by atoms with Crippen LogP contribution in [0.4, 0.5) is 17.2 Å². The Morgan fingerprint density at radius 1 is 0.804 bits per heavy atom. The minimum absolute atomic E-state index is 0.101. The highest BCUT2D eigenvalue weighted by Gasteiger charge is 2.20. The van der Waals surface area contributed by atoms with Crippen molar-refractivity contribution in [1.29, 1.82) is 0 Å². The highest BCUT2D eigenvalue weighted by atomic mass is 16.7. The highest BCUT2D eigenvalue weighted by molar-refractivity contribution is 5.91. The molecular weight excluding hydrogens is 602 g/mol. The first-order chi connectivity index (χ1) is 22.1. The van der Waals surface area contributed by atoms with Crippen LogP contribution in [-0.2, 0) is 4.74 Å². The molecule has 4 aromatic rings. The van der Waals surface area contributed by atoms with E-state index in [1.807, 2.05) is 0 Å². The summed E-state index contributed by atoms with van der Waals surface area (Å²) in [6.07, 6.45) is 3.68. The zero-order valence-electron chi connectivity index (χ0n) is 25.9. The minimum Gasteiger partial charge on any atom is -0.381 e. The molecular formula is C28H39N11O7. The second-order valence-corrected chi connectivity index (χ2v) is 11.0. The first kappa shape index (κ1) is 34.1. The molecule has 3 aliphatic heterocycles. The largest absolute Gasteiger partial charge is 0.381 e. The van der Waals surface area contributed by atoms with E-state index in [9.17, 15) is 30.3 Å². The van der Waals surface area contributed by atoms with E-state index in [2.05, 4.69) is 49.4 Å². The lowest BCUT2D eigenvalue weighted by molar-refractivity contribution is -0.552. The molecule has 46 heavy (non-hydrogen) atoms. The van der Waals surface area contributed by atoms with Crippen molar-refractivity contribution < 1.29 is 19.6 Å². The number of hydrogen-bond acceptors (Lipinski definition) is 13. The predicted octanol–water partition coefficient (Wildman–Crippen LogP) is 2.53. The molecule has 2 aromatic carbocycles.